The molecule has 1 heterocycles. The van der Waals surface area contributed by atoms with Gasteiger partial charge in [-0.15, -0.1) is 0 Å². The van der Waals surface area contributed by atoms with Crippen molar-refractivity contribution in [1.29, 1.82) is 0 Å². The van der Waals surface area contributed by atoms with Gasteiger partial charge in [0.05, 0.1) is 11.0 Å². The number of hydrogen-bond donors (Lipinski definition) is 0. The third kappa shape index (κ3) is 6.40. The van der Waals surface area contributed by atoms with Crippen LogP contribution in [0.5, 0.6) is 0 Å². The number of fused-ring (bicyclic) bond motifs is 6. The monoisotopic (exact) mass is 810 g/mol. The van der Waals surface area contributed by atoms with E-state index in [1.54, 1.807) is 0 Å². The van der Waals surface area contributed by atoms with Gasteiger partial charge in [0.1, 0.15) is 0 Å². The summed E-state index contributed by atoms with van der Waals surface area (Å²) in [4.78, 5) is 2.43. The molecule has 1 aliphatic carbocycles. The Kier molecular flexibility index (Phi) is 9.28. The van der Waals surface area contributed by atoms with Crippen LogP contribution in [0.3, 0.4) is 0 Å². The van der Waals surface area contributed by atoms with Gasteiger partial charge in [-0.1, -0.05) is 167 Å². The first-order valence-corrected chi connectivity index (χ1v) is 22.3. The molecule has 0 radical (unpaired) electrons. The molecule has 0 aliphatic heterocycles. The highest BCUT2D eigenvalue weighted by atomic mass is 15.1. The van der Waals surface area contributed by atoms with Crippen molar-refractivity contribution in [2.24, 2.45) is 0 Å². The molecule has 0 unspecified atom stereocenters. The highest BCUT2D eigenvalue weighted by Gasteiger charge is 2.35. The third-order valence-corrected chi connectivity index (χ3v) is 13.5. The zero-order chi connectivity index (χ0) is 42.8. The normalized spacial score (nSPS) is 12.8. The largest absolute Gasteiger partial charge is 0.310 e. The molecule has 0 N–H and O–H groups in total. The first-order valence-electron chi connectivity index (χ1n) is 22.3. The minimum Gasteiger partial charge on any atom is -0.310 e. The van der Waals surface area contributed by atoms with E-state index in [1.807, 2.05) is 0 Å². The van der Waals surface area contributed by atoms with Crippen LogP contribution in [0.25, 0.3) is 72.0 Å². The Hall–Kier alpha value is -7.42. The average Bonchev–Trinajstić information content (AvgIpc) is 3.77. The smallest absolute Gasteiger partial charge is 0.0541 e. The van der Waals surface area contributed by atoms with Gasteiger partial charge in [0.15, 0.2) is 0 Å². The van der Waals surface area contributed by atoms with Crippen molar-refractivity contribution in [1.82, 2.24) is 4.57 Å². The number of aromatic nitrogens is 1. The van der Waals surface area contributed by atoms with Crippen LogP contribution < -0.4 is 4.90 Å². The lowest BCUT2D eigenvalue weighted by Gasteiger charge is -2.28. The predicted molar refractivity (Wildman–Crippen MR) is 268 cm³/mol. The van der Waals surface area contributed by atoms with E-state index in [0.717, 1.165) is 17.1 Å². The Bertz CT molecular complexity index is 3330. The molecule has 0 amide bonds. The van der Waals surface area contributed by atoms with Gasteiger partial charge in [-0.2, -0.15) is 0 Å². The molecule has 0 spiro atoms. The lowest BCUT2D eigenvalue weighted by atomic mass is 9.82. The molecule has 9 aromatic carbocycles. The molecule has 304 valence electrons. The number of aryl methyl sites for hydroxylation is 1. The van der Waals surface area contributed by atoms with E-state index >= 15 is 0 Å². The second-order valence-corrected chi connectivity index (χ2v) is 18.0. The number of anilines is 3. The number of rotatable bonds is 8. The van der Waals surface area contributed by atoms with E-state index in [4.69, 9.17) is 0 Å². The molecule has 0 fully saturated rings. The van der Waals surface area contributed by atoms with E-state index in [2.05, 4.69) is 250 Å². The van der Waals surface area contributed by atoms with Crippen molar-refractivity contribution >= 4 is 38.9 Å². The molecule has 2 nitrogen and oxygen atoms in total. The van der Waals surface area contributed by atoms with Gasteiger partial charge in [0.2, 0.25) is 0 Å². The third-order valence-electron chi connectivity index (χ3n) is 13.5. The lowest BCUT2D eigenvalue weighted by Crippen LogP contribution is -2.16. The number of nitrogens with zero attached hydrogens (tertiary/aromatic N) is 2. The molecule has 0 saturated carbocycles. The zero-order valence-electron chi connectivity index (χ0n) is 36.6. The van der Waals surface area contributed by atoms with Crippen LogP contribution in [0.2, 0.25) is 0 Å². The minimum absolute atomic E-state index is 0.114. The lowest BCUT2D eigenvalue weighted by molar-refractivity contribution is 0.660. The van der Waals surface area contributed by atoms with Crippen molar-refractivity contribution in [3.63, 3.8) is 0 Å². The quantitative estimate of drug-likeness (QED) is 0.148. The maximum absolute atomic E-state index is 2.43. The molecule has 0 saturated heterocycles. The molecule has 1 aromatic heterocycles. The maximum Gasteiger partial charge on any atom is 0.0541 e. The Morgan fingerprint density at radius 3 is 1.76 bits per heavy atom. The fourth-order valence-electron chi connectivity index (χ4n) is 10.3. The molecule has 2 heteroatoms. The summed E-state index contributed by atoms with van der Waals surface area (Å²) in [5, 5.41) is 2.51. The Morgan fingerprint density at radius 2 is 1.02 bits per heavy atom. The van der Waals surface area contributed by atoms with E-state index in [9.17, 15) is 0 Å². The summed E-state index contributed by atoms with van der Waals surface area (Å²) in [6.07, 6.45) is 0. The molecule has 11 rings (SSSR count). The van der Waals surface area contributed by atoms with Crippen molar-refractivity contribution < 1.29 is 0 Å². The molecular formula is C61H50N2. The van der Waals surface area contributed by atoms with Crippen LogP contribution in [0.4, 0.5) is 17.1 Å². The van der Waals surface area contributed by atoms with Gasteiger partial charge in [-0.25, -0.2) is 0 Å². The SMILES string of the molecule is Cc1ccccc1-c1c(-c2ccc(N(c3ccc(-c4ccc5c(c4)c4ccccc4n5-c4ccccc4)cc3)c3ccc4c(c3)C(C)(C)c3ccccc3-4)cc2)cccc1C(C)C. The highest BCUT2D eigenvalue weighted by molar-refractivity contribution is 6.10. The molecule has 63 heavy (non-hydrogen) atoms. The van der Waals surface area contributed by atoms with Crippen LogP contribution in [0.15, 0.2) is 206 Å². The van der Waals surface area contributed by atoms with Gasteiger partial charge in [-0.05, 0) is 146 Å². The summed E-state index contributed by atoms with van der Waals surface area (Å²) < 4.78 is 2.38. The molecular weight excluding hydrogens is 761 g/mol. The summed E-state index contributed by atoms with van der Waals surface area (Å²) in [6, 6.07) is 76.3. The summed E-state index contributed by atoms with van der Waals surface area (Å²) in [6.45, 7) is 11.5. The number of benzene rings is 9. The topological polar surface area (TPSA) is 8.17 Å². The molecule has 1 aliphatic rings. The van der Waals surface area contributed by atoms with Gasteiger partial charge in [0, 0.05) is 38.9 Å². The number of para-hydroxylation sites is 2. The van der Waals surface area contributed by atoms with Crippen molar-refractivity contribution in [2.75, 3.05) is 4.90 Å². The maximum atomic E-state index is 2.43. The van der Waals surface area contributed by atoms with Crippen LogP contribution in [-0.4, -0.2) is 4.57 Å². The first kappa shape index (κ1) is 38.5. The summed E-state index contributed by atoms with van der Waals surface area (Å²) >= 11 is 0. The van der Waals surface area contributed by atoms with Crippen molar-refractivity contribution in [3.05, 3.63) is 229 Å². The predicted octanol–water partition coefficient (Wildman–Crippen LogP) is 17.0. The number of hydrogen-bond acceptors (Lipinski definition) is 1. The minimum atomic E-state index is -0.114. The van der Waals surface area contributed by atoms with Crippen LogP contribution in [0.1, 0.15) is 55.9 Å². The average molecular weight is 811 g/mol. The van der Waals surface area contributed by atoms with Crippen LogP contribution in [0, 0.1) is 6.92 Å². The van der Waals surface area contributed by atoms with Crippen LogP contribution >= 0.6 is 0 Å². The highest BCUT2D eigenvalue weighted by Crippen LogP contribution is 2.51. The van der Waals surface area contributed by atoms with Gasteiger partial charge < -0.3 is 9.47 Å². The van der Waals surface area contributed by atoms with Gasteiger partial charge >= 0.3 is 0 Å². The molecule has 0 atom stereocenters. The standard InChI is InChI=1S/C61H50N2/c1-40(2)49-22-15-23-51(60(49)50-19-10-9-16-41(50)3)43-28-33-47(34-29-43)62(48-35-36-53-52-20-11-13-24-56(52)61(4,5)57(53)39-48)46-31-26-42(27-32-46)44-30-37-59-55(38-44)54-21-12-14-25-58(54)63(59)45-17-7-6-8-18-45/h6-40H,1-5H3. The van der Waals surface area contributed by atoms with E-state index < -0.39 is 0 Å². The fourth-order valence-corrected chi connectivity index (χ4v) is 10.3. The Morgan fingerprint density at radius 1 is 0.429 bits per heavy atom. The second kappa shape index (κ2) is 15.2. The van der Waals surface area contributed by atoms with E-state index in [-0.39, 0.29) is 5.41 Å². The van der Waals surface area contributed by atoms with Crippen LogP contribution in [-0.2, 0) is 5.41 Å². The zero-order valence-corrected chi connectivity index (χ0v) is 36.6. The van der Waals surface area contributed by atoms with Gasteiger partial charge in [-0.3, -0.25) is 0 Å². The second-order valence-electron chi connectivity index (χ2n) is 18.0. The first-order chi connectivity index (χ1) is 30.8. The Labute approximate surface area is 371 Å². The summed E-state index contributed by atoms with van der Waals surface area (Å²) in [7, 11) is 0. The molecule has 10 aromatic rings. The van der Waals surface area contributed by atoms with Crippen molar-refractivity contribution in [2.45, 2.75) is 46.0 Å². The summed E-state index contributed by atoms with van der Waals surface area (Å²) in [5.41, 5.74) is 22.4. The van der Waals surface area contributed by atoms with Gasteiger partial charge in [0.25, 0.3) is 0 Å². The molecule has 0 bridgehead atoms. The van der Waals surface area contributed by atoms with E-state index in [0.29, 0.717) is 5.92 Å². The summed E-state index contributed by atoms with van der Waals surface area (Å²) in [5.74, 6) is 0.393. The van der Waals surface area contributed by atoms with Crippen molar-refractivity contribution in [3.8, 4) is 50.2 Å². The Balaban J connectivity index is 1.02. The fraction of sp³-hybridized carbons (Fsp3) is 0.115. The van der Waals surface area contributed by atoms with E-state index in [1.165, 1.54) is 94.3 Å².